The molecule has 22 heteroatoms. The molecule has 0 aromatic heterocycles. The molecule has 0 saturated carbocycles. The zero-order valence-electron chi connectivity index (χ0n) is 9.67. The molecule has 0 atom stereocenters. The van der Waals surface area contributed by atoms with E-state index >= 15 is 0 Å². The van der Waals surface area contributed by atoms with Gasteiger partial charge in [0.15, 0.2) is 0 Å². The third-order valence-corrected chi connectivity index (χ3v) is 0. The fourth-order valence-corrected chi connectivity index (χ4v) is 0. The molecule has 0 unspecified atom stereocenters. The van der Waals surface area contributed by atoms with Crippen LogP contribution in [0.1, 0.15) is 0 Å². The molecule has 0 bridgehead atoms. The van der Waals surface area contributed by atoms with E-state index in [2.05, 4.69) is 0 Å². The van der Waals surface area contributed by atoms with Gasteiger partial charge in [-0.3, -0.25) is 0 Å². The van der Waals surface area contributed by atoms with Crippen molar-refractivity contribution in [3.8, 4) is 0 Å². The zero-order chi connectivity index (χ0) is 14.3. The molecule has 0 spiro atoms. The average Bonchev–Trinajstić information content (AvgIpc) is 1.76. The maximum atomic E-state index is 8.36. The molecule has 0 rings (SSSR count). The van der Waals surface area contributed by atoms with Crippen LogP contribution in [0.3, 0.4) is 0 Å². The summed E-state index contributed by atoms with van der Waals surface area (Å²) in [4.78, 5) is 33.1. The molecule has 0 heterocycles. The minimum Gasteiger partial charge on any atom is -0.412 e. The van der Waals surface area contributed by atoms with E-state index in [4.69, 9.17) is 61.3 Å². The fraction of sp³-hybridized carbons (Fsp3) is 0. The van der Waals surface area contributed by atoms with E-state index < -0.39 is 20.3 Å². The van der Waals surface area contributed by atoms with E-state index in [0.717, 1.165) is 0 Å². The normalized spacial score (nSPS) is 4.36. The molecule has 22 heavy (non-hydrogen) atoms. The molecule has 0 saturated heterocycles. The Hall–Kier alpha value is -2.52. The number of nitrogens with zero attached hydrogens (tertiary/aromatic N) is 4. The second-order valence-electron chi connectivity index (χ2n) is 0.909. The SMILES string of the molecule is O.O.O.O.O.O=[N+]([O-])O.O=[N+]([O-])[O-].O=[N+]([O-])[O-].O=[N+]([O-])[O-].[Bi+3]. The standard InChI is InChI=1S/Bi.HNO3.3NO3.5H2O/c;4*2-1(3)4;;;;;/h;(H,2,3,4);;;;5*1H2/q+3;;3*-1;;;;;. The van der Waals surface area contributed by atoms with Gasteiger partial charge in [-0.05, 0) is 0 Å². The summed E-state index contributed by atoms with van der Waals surface area (Å²) in [5.74, 6) is 0. The molecule has 138 valence electrons. The monoisotopic (exact) mass is 548 g/mol. The molecule has 0 fully saturated rings. The van der Waals surface area contributed by atoms with Crippen LogP contribution < -0.4 is 0 Å². The van der Waals surface area contributed by atoms with Crippen LogP contribution >= 0.6 is 0 Å². The van der Waals surface area contributed by atoms with Crippen LogP contribution in [0, 0.1) is 56.1 Å². The Balaban J connectivity index is -0.00000001000. The number of hydrogen-bond acceptors (Lipinski definition) is 11. The second-order valence-corrected chi connectivity index (χ2v) is 0.909. The summed E-state index contributed by atoms with van der Waals surface area (Å²) >= 11 is 0. The zero-order valence-corrected chi connectivity index (χ0v) is 13.2. The summed E-state index contributed by atoms with van der Waals surface area (Å²) in [6.07, 6.45) is 0. The summed E-state index contributed by atoms with van der Waals surface area (Å²) in [5, 5.41) is 57.9. The van der Waals surface area contributed by atoms with Gasteiger partial charge in [-0.15, -0.1) is 10.1 Å². The van der Waals surface area contributed by atoms with Crippen molar-refractivity contribution in [3.63, 3.8) is 0 Å². The van der Waals surface area contributed by atoms with Crippen molar-refractivity contribution in [1.29, 1.82) is 0 Å². The van der Waals surface area contributed by atoms with Gasteiger partial charge in [0.1, 0.15) is 0 Å². The Bertz CT molecular complexity index is 161. The van der Waals surface area contributed by atoms with Crippen molar-refractivity contribution in [2.24, 2.45) is 0 Å². The van der Waals surface area contributed by atoms with Crippen molar-refractivity contribution in [2.45, 2.75) is 0 Å². The van der Waals surface area contributed by atoms with E-state index in [1.165, 1.54) is 0 Å². The van der Waals surface area contributed by atoms with Crippen molar-refractivity contribution in [2.75, 3.05) is 0 Å². The second kappa shape index (κ2) is 62.8. The van der Waals surface area contributed by atoms with Crippen LogP contribution in [-0.4, -0.2) is 79.1 Å². The van der Waals surface area contributed by atoms with Crippen molar-refractivity contribution in [1.82, 2.24) is 0 Å². The van der Waals surface area contributed by atoms with Gasteiger partial charge < -0.3 is 78.6 Å². The van der Waals surface area contributed by atoms with Gasteiger partial charge in [0, 0.05) is 0 Å². The van der Waals surface area contributed by atoms with Crippen molar-refractivity contribution >= 4 is 26.2 Å². The van der Waals surface area contributed by atoms with Gasteiger partial charge >= 0.3 is 26.2 Å². The largest absolute Gasteiger partial charge is 3.00 e. The predicted molar refractivity (Wildman–Crippen MR) is 63.7 cm³/mol. The molecular weight excluding hydrogens is 537 g/mol. The predicted octanol–water partition coefficient (Wildman–Crippen LogP) is -5.57. The van der Waals surface area contributed by atoms with Gasteiger partial charge in [0.05, 0.1) is 15.3 Å². The Labute approximate surface area is 136 Å². The van der Waals surface area contributed by atoms with E-state index in [1.807, 2.05) is 0 Å². The molecule has 0 aromatic carbocycles. The van der Waals surface area contributed by atoms with Gasteiger partial charge in [-0.2, -0.15) is 0 Å². The Morgan fingerprint density at radius 3 is 0.500 bits per heavy atom. The molecule has 0 aliphatic carbocycles. The van der Waals surface area contributed by atoms with Crippen LogP contribution in [0.15, 0.2) is 0 Å². The van der Waals surface area contributed by atoms with Crippen LogP contribution in [0.2, 0.25) is 0 Å². The van der Waals surface area contributed by atoms with Gasteiger partial charge in [-0.25, -0.2) is 0 Å². The number of hydrogen-bond donors (Lipinski definition) is 1. The molecule has 0 aliphatic rings. The Morgan fingerprint density at radius 2 is 0.500 bits per heavy atom. The molecule has 0 aromatic rings. The fourth-order valence-electron chi connectivity index (χ4n) is 0. The molecule has 0 aliphatic heterocycles. The van der Waals surface area contributed by atoms with Gasteiger partial charge in [-0.1, -0.05) is 0 Å². The first-order valence-electron chi connectivity index (χ1n) is 2.21. The third-order valence-electron chi connectivity index (χ3n) is 0. The van der Waals surface area contributed by atoms with E-state index in [9.17, 15) is 0 Å². The maximum absolute atomic E-state index is 8.36. The first-order valence-corrected chi connectivity index (χ1v) is 2.21. The topological polar surface area (TPSA) is 419 Å². The summed E-state index contributed by atoms with van der Waals surface area (Å²) in [6.45, 7) is 0. The van der Waals surface area contributed by atoms with Crippen LogP contribution in [0.25, 0.3) is 0 Å². The third kappa shape index (κ3) is 750. The molecule has 0 amide bonds. The number of rotatable bonds is 0. The average molecular weight is 548 g/mol. The molecule has 21 nitrogen and oxygen atoms in total. The van der Waals surface area contributed by atoms with Gasteiger partial charge in [0.25, 0.3) is 5.09 Å². The van der Waals surface area contributed by atoms with Crippen LogP contribution in [-0.2, 0) is 0 Å². The van der Waals surface area contributed by atoms with Crippen molar-refractivity contribution in [3.05, 3.63) is 56.1 Å². The van der Waals surface area contributed by atoms with Crippen molar-refractivity contribution < 1.29 is 52.9 Å². The van der Waals surface area contributed by atoms with Gasteiger partial charge in [0.2, 0.25) is 0 Å². The minimum atomic E-state index is -1.75. The summed E-state index contributed by atoms with van der Waals surface area (Å²) < 4.78 is 0. The Kier molecular flexibility index (Phi) is 211. The summed E-state index contributed by atoms with van der Waals surface area (Å²) in [5.41, 5.74) is 0. The first-order chi connectivity index (χ1) is 6.93. The smallest absolute Gasteiger partial charge is 0.412 e. The molecule has 11 N–H and O–H groups in total. The van der Waals surface area contributed by atoms with E-state index in [0.29, 0.717) is 0 Å². The van der Waals surface area contributed by atoms with Crippen LogP contribution in [0.4, 0.5) is 0 Å². The Morgan fingerprint density at radius 1 is 0.500 bits per heavy atom. The summed E-state index contributed by atoms with van der Waals surface area (Å²) in [7, 11) is 0. The first kappa shape index (κ1) is 74.0. The summed E-state index contributed by atoms with van der Waals surface area (Å²) in [6, 6.07) is 0. The maximum Gasteiger partial charge on any atom is 3.00 e. The quantitative estimate of drug-likeness (QED) is 0.168. The van der Waals surface area contributed by atoms with E-state index in [-0.39, 0.29) is 53.6 Å². The van der Waals surface area contributed by atoms with Crippen LogP contribution in [0.5, 0.6) is 0 Å². The molecule has 2 radical (unpaired) electrons. The minimum absolute atomic E-state index is 0. The molecular formula is H11BiN4O17. The van der Waals surface area contributed by atoms with E-state index in [1.54, 1.807) is 0 Å².